The van der Waals surface area contributed by atoms with Crippen molar-refractivity contribution >= 4 is 22.7 Å². The highest BCUT2D eigenvalue weighted by atomic mass is 15.1. The fraction of sp³-hybridized carbons (Fsp3) is 0.500. The summed E-state index contributed by atoms with van der Waals surface area (Å²) in [5, 5.41) is 7.70. The maximum Gasteiger partial charge on any atom is 0.223 e. The first kappa shape index (κ1) is 15.5. The van der Waals surface area contributed by atoms with Crippen LogP contribution in [-0.2, 0) is 0 Å². The Labute approximate surface area is 137 Å². The number of rotatable bonds is 4. The standard InChI is InChI=1S/C18H23N5/c1-4-14-10-13-11-19-18(22-15-8-6-5-7-9-15)23-16(13)17(21-14)20-12(2)3/h1,10-12,15H,5-9H2,2-3H3,(H,20,21)(H,19,22,23). The van der Waals surface area contributed by atoms with Gasteiger partial charge in [0.1, 0.15) is 11.2 Å². The van der Waals surface area contributed by atoms with Gasteiger partial charge in [-0.15, -0.1) is 6.42 Å². The fourth-order valence-corrected chi connectivity index (χ4v) is 2.99. The van der Waals surface area contributed by atoms with Crippen LogP contribution < -0.4 is 10.6 Å². The van der Waals surface area contributed by atoms with Crippen LogP contribution in [0.15, 0.2) is 12.3 Å². The summed E-state index contributed by atoms with van der Waals surface area (Å²) in [4.78, 5) is 13.6. The minimum atomic E-state index is 0.253. The van der Waals surface area contributed by atoms with Gasteiger partial charge in [-0.05, 0) is 32.8 Å². The number of pyridine rings is 1. The third kappa shape index (κ3) is 3.70. The van der Waals surface area contributed by atoms with Crippen LogP contribution in [0.3, 0.4) is 0 Å². The van der Waals surface area contributed by atoms with Gasteiger partial charge in [0.05, 0.1) is 0 Å². The van der Waals surface area contributed by atoms with E-state index in [1.807, 2.05) is 12.3 Å². The molecule has 2 aromatic rings. The van der Waals surface area contributed by atoms with Crippen molar-refractivity contribution in [3.63, 3.8) is 0 Å². The lowest BCUT2D eigenvalue weighted by atomic mass is 9.96. The number of aromatic nitrogens is 3. The molecule has 1 saturated carbocycles. The number of fused-ring (bicyclic) bond motifs is 1. The lowest BCUT2D eigenvalue weighted by molar-refractivity contribution is 0.461. The van der Waals surface area contributed by atoms with Crippen LogP contribution in [0, 0.1) is 12.3 Å². The summed E-state index contributed by atoms with van der Waals surface area (Å²) in [7, 11) is 0. The van der Waals surface area contributed by atoms with E-state index in [1.54, 1.807) is 0 Å². The van der Waals surface area contributed by atoms with E-state index in [0.29, 0.717) is 17.7 Å². The first-order chi connectivity index (χ1) is 11.2. The molecule has 0 amide bonds. The van der Waals surface area contributed by atoms with Crippen molar-refractivity contribution in [2.24, 2.45) is 0 Å². The lowest BCUT2D eigenvalue weighted by Gasteiger charge is -2.22. The van der Waals surface area contributed by atoms with Crippen LogP contribution in [-0.4, -0.2) is 27.0 Å². The Morgan fingerprint density at radius 1 is 1.22 bits per heavy atom. The largest absolute Gasteiger partial charge is 0.366 e. The smallest absolute Gasteiger partial charge is 0.223 e. The van der Waals surface area contributed by atoms with Crippen LogP contribution in [0.2, 0.25) is 0 Å². The monoisotopic (exact) mass is 309 g/mol. The van der Waals surface area contributed by atoms with Gasteiger partial charge in [-0.25, -0.2) is 15.0 Å². The van der Waals surface area contributed by atoms with Gasteiger partial charge in [-0.1, -0.05) is 25.2 Å². The Bertz CT molecular complexity index is 726. The Morgan fingerprint density at radius 2 is 2.00 bits per heavy atom. The Morgan fingerprint density at radius 3 is 2.70 bits per heavy atom. The van der Waals surface area contributed by atoms with Gasteiger partial charge < -0.3 is 10.6 Å². The molecule has 0 aliphatic heterocycles. The normalized spacial score (nSPS) is 15.6. The highest BCUT2D eigenvalue weighted by Gasteiger charge is 2.15. The second kappa shape index (κ2) is 6.82. The Hall–Kier alpha value is -2.35. The van der Waals surface area contributed by atoms with E-state index in [9.17, 15) is 0 Å². The van der Waals surface area contributed by atoms with Gasteiger partial charge >= 0.3 is 0 Å². The van der Waals surface area contributed by atoms with Gasteiger partial charge in [-0.2, -0.15) is 0 Å². The predicted octanol–water partition coefficient (Wildman–Crippen LogP) is 3.57. The molecule has 5 nitrogen and oxygen atoms in total. The van der Waals surface area contributed by atoms with Crippen LogP contribution in [0.25, 0.3) is 10.9 Å². The molecule has 3 rings (SSSR count). The highest BCUT2D eigenvalue weighted by Crippen LogP contribution is 2.24. The third-order valence-electron chi connectivity index (χ3n) is 4.08. The molecule has 2 aromatic heterocycles. The van der Waals surface area contributed by atoms with Gasteiger partial charge in [0, 0.05) is 23.7 Å². The van der Waals surface area contributed by atoms with Crippen molar-refractivity contribution in [2.75, 3.05) is 10.6 Å². The summed E-state index contributed by atoms with van der Waals surface area (Å²) in [5.41, 5.74) is 1.41. The minimum Gasteiger partial charge on any atom is -0.366 e. The summed E-state index contributed by atoms with van der Waals surface area (Å²) in [6, 6.07) is 2.58. The average Bonchev–Trinajstić information content (AvgIpc) is 2.55. The van der Waals surface area contributed by atoms with Crippen molar-refractivity contribution in [3.8, 4) is 12.3 Å². The second-order valence-electron chi connectivity index (χ2n) is 6.41. The van der Waals surface area contributed by atoms with Crippen molar-refractivity contribution in [3.05, 3.63) is 18.0 Å². The molecule has 120 valence electrons. The van der Waals surface area contributed by atoms with E-state index in [2.05, 4.69) is 45.4 Å². The molecule has 1 fully saturated rings. The number of nitrogens with one attached hydrogen (secondary N) is 2. The van der Waals surface area contributed by atoms with Crippen LogP contribution >= 0.6 is 0 Å². The molecule has 5 heteroatoms. The Kier molecular flexibility index (Phi) is 4.61. The SMILES string of the molecule is C#Cc1cc2cnc(NC3CCCCC3)nc2c(NC(C)C)n1. The van der Waals surface area contributed by atoms with E-state index >= 15 is 0 Å². The number of hydrogen-bond donors (Lipinski definition) is 2. The first-order valence-electron chi connectivity index (χ1n) is 8.33. The maximum atomic E-state index is 5.50. The zero-order valence-electron chi connectivity index (χ0n) is 13.8. The molecular formula is C18H23N5. The molecule has 1 aliphatic rings. The van der Waals surface area contributed by atoms with Crippen LogP contribution in [0.4, 0.5) is 11.8 Å². The molecule has 0 bridgehead atoms. The van der Waals surface area contributed by atoms with Gasteiger partial charge in [0.15, 0.2) is 5.82 Å². The van der Waals surface area contributed by atoms with Crippen LogP contribution in [0.5, 0.6) is 0 Å². The van der Waals surface area contributed by atoms with E-state index in [-0.39, 0.29) is 6.04 Å². The van der Waals surface area contributed by atoms with E-state index in [4.69, 9.17) is 6.42 Å². The Balaban J connectivity index is 1.94. The summed E-state index contributed by atoms with van der Waals surface area (Å²) in [6.07, 6.45) is 13.6. The number of hydrogen-bond acceptors (Lipinski definition) is 5. The molecule has 23 heavy (non-hydrogen) atoms. The highest BCUT2D eigenvalue weighted by molar-refractivity contribution is 5.89. The molecule has 0 aromatic carbocycles. The van der Waals surface area contributed by atoms with Crippen molar-refractivity contribution in [2.45, 2.75) is 58.0 Å². The summed E-state index contributed by atoms with van der Waals surface area (Å²) in [6.45, 7) is 4.14. The van der Waals surface area contributed by atoms with Crippen molar-refractivity contribution < 1.29 is 0 Å². The molecular weight excluding hydrogens is 286 g/mol. The maximum absolute atomic E-state index is 5.50. The lowest BCUT2D eigenvalue weighted by Crippen LogP contribution is -2.23. The number of nitrogens with zero attached hydrogens (tertiary/aromatic N) is 3. The second-order valence-corrected chi connectivity index (χ2v) is 6.41. The number of terminal acetylenes is 1. The molecule has 0 saturated heterocycles. The van der Waals surface area contributed by atoms with Crippen molar-refractivity contribution in [1.29, 1.82) is 0 Å². The zero-order valence-corrected chi connectivity index (χ0v) is 13.8. The molecule has 0 atom stereocenters. The average molecular weight is 309 g/mol. The summed E-state index contributed by atoms with van der Waals surface area (Å²) < 4.78 is 0. The molecule has 2 heterocycles. The van der Waals surface area contributed by atoms with E-state index < -0.39 is 0 Å². The predicted molar refractivity (Wildman–Crippen MR) is 94.5 cm³/mol. The number of anilines is 2. The zero-order chi connectivity index (χ0) is 16.2. The third-order valence-corrected chi connectivity index (χ3v) is 4.08. The fourth-order valence-electron chi connectivity index (χ4n) is 2.99. The van der Waals surface area contributed by atoms with Crippen molar-refractivity contribution in [1.82, 2.24) is 15.0 Å². The van der Waals surface area contributed by atoms with Gasteiger partial charge in [0.2, 0.25) is 5.95 Å². The summed E-state index contributed by atoms with van der Waals surface area (Å²) >= 11 is 0. The molecule has 0 spiro atoms. The van der Waals surface area contributed by atoms with E-state index in [0.717, 1.165) is 16.7 Å². The van der Waals surface area contributed by atoms with Gasteiger partial charge in [-0.3, -0.25) is 0 Å². The molecule has 2 N–H and O–H groups in total. The van der Waals surface area contributed by atoms with Gasteiger partial charge in [0.25, 0.3) is 0 Å². The molecule has 0 radical (unpaired) electrons. The molecule has 1 aliphatic carbocycles. The quantitative estimate of drug-likeness (QED) is 0.845. The first-order valence-corrected chi connectivity index (χ1v) is 8.33. The van der Waals surface area contributed by atoms with E-state index in [1.165, 1.54) is 32.1 Å². The molecule has 0 unspecified atom stereocenters. The minimum absolute atomic E-state index is 0.253. The summed E-state index contributed by atoms with van der Waals surface area (Å²) in [5.74, 6) is 3.99. The topological polar surface area (TPSA) is 62.7 Å². The van der Waals surface area contributed by atoms with Crippen LogP contribution in [0.1, 0.15) is 51.6 Å².